The second kappa shape index (κ2) is 18.4. The minimum Gasteiger partial charge on any atom is -0.337 e. The molecule has 0 unspecified atom stereocenters. The topological polar surface area (TPSA) is 6.48 Å². The molecule has 12 rings (SSSR count). The fourth-order valence-electron chi connectivity index (χ4n) is 9.98. The number of anilines is 5. The first-order chi connectivity index (χ1) is 34.2. The van der Waals surface area contributed by atoms with Gasteiger partial charge in [-0.3, -0.25) is 0 Å². The number of fused-ring (bicyclic) bond motifs is 6. The van der Waals surface area contributed by atoms with E-state index in [-0.39, 0.29) is 0 Å². The third kappa shape index (κ3) is 8.30. The predicted octanol–water partition coefficient (Wildman–Crippen LogP) is 18.6. The van der Waals surface area contributed by atoms with Crippen LogP contribution in [-0.2, 0) is 6.54 Å². The van der Waals surface area contributed by atoms with Crippen molar-refractivity contribution in [3.63, 3.8) is 0 Å². The van der Waals surface area contributed by atoms with Crippen LogP contribution in [0.4, 0.5) is 28.4 Å². The van der Waals surface area contributed by atoms with Crippen molar-refractivity contribution >= 4 is 60.8 Å². The van der Waals surface area contributed by atoms with E-state index in [0.717, 1.165) is 35.0 Å². The van der Waals surface area contributed by atoms with Crippen molar-refractivity contribution in [2.45, 2.75) is 6.54 Å². The largest absolute Gasteiger partial charge is 0.337 e. The second-order valence-corrected chi connectivity index (χ2v) is 17.7. The number of para-hydroxylation sites is 2. The van der Waals surface area contributed by atoms with E-state index < -0.39 is 0 Å². The van der Waals surface area contributed by atoms with Crippen LogP contribution >= 0.6 is 0 Å². The van der Waals surface area contributed by atoms with Gasteiger partial charge in [-0.1, -0.05) is 212 Å². The normalized spacial score (nSPS) is 11.2. The van der Waals surface area contributed by atoms with E-state index in [1.807, 2.05) is 0 Å². The average Bonchev–Trinajstić information content (AvgIpc) is 3.44. The standard InChI is InChI=1S/C67H48N2/c1-4-15-49(16-5-1)51-31-33-52(34-32-51)54-37-42-60(43-38-54)69(58-20-8-3-9-21-58)59-40-35-53(36-41-59)50-29-27-48(28-30-50)47-68(57-18-6-2-7-19-57)61-22-14-17-55(45-61)56-39-44-66-64-25-11-10-23-62(64)63-24-12-13-26-65(63)67(66)46-56/h1-46H,47H2. The summed E-state index contributed by atoms with van der Waals surface area (Å²) in [5.41, 5.74) is 16.5. The van der Waals surface area contributed by atoms with Gasteiger partial charge in [0, 0.05) is 35.0 Å². The van der Waals surface area contributed by atoms with E-state index in [2.05, 4.69) is 289 Å². The van der Waals surface area contributed by atoms with Crippen molar-refractivity contribution in [3.8, 4) is 44.5 Å². The van der Waals surface area contributed by atoms with Crippen LogP contribution in [0.3, 0.4) is 0 Å². The number of hydrogen-bond donors (Lipinski definition) is 0. The molecule has 12 aromatic carbocycles. The van der Waals surface area contributed by atoms with Crippen LogP contribution in [0.2, 0.25) is 0 Å². The molecule has 0 radical (unpaired) electrons. The highest BCUT2D eigenvalue weighted by molar-refractivity contribution is 6.25. The van der Waals surface area contributed by atoms with Crippen LogP contribution < -0.4 is 9.80 Å². The number of hydrogen-bond acceptors (Lipinski definition) is 2. The number of benzene rings is 12. The lowest BCUT2D eigenvalue weighted by atomic mass is 9.92. The maximum Gasteiger partial charge on any atom is 0.0481 e. The monoisotopic (exact) mass is 880 g/mol. The van der Waals surface area contributed by atoms with Crippen molar-refractivity contribution in [2.24, 2.45) is 0 Å². The van der Waals surface area contributed by atoms with E-state index >= 15 is 0 Å². The lowest BCUT2D eigenvalue weighted by Gasteiger charge is -2.26. The van der Waals surface area contributed by atoms with Crippen molar-refractivity contribution in [1.29, 1.82) is 0 Å². The summed E-state index contributed by atoms with van der Waals surface area (Å²) >= 11 is 0. The van der Waals surface area contributed by atoms with Crippen LogP contribution in [0.1, 0.15) is 5.56 Å². The van der Waals surface area contributed by atoms with Crippen LogP contribution in [0.5, 0.6) is 0 Å². The molecule has 2 heteroatoms. The van der Waals surface area contributed by atoms with Gasteiger partial charge in [0.1, 0.15) is 0 Å². The van der Waals surface area contributed by atoms with E-state index in [1.54, 1.807) is 0 Å². The molecule has 0 heterocycles. The fraction of sp³-hybridized carbons (Fsp3) is 0.0149. The first kappa shape index (κ1) is 41.5. The van der Waals surface area contributed by atoms with Crippen molar-refractivity contribution in [2.75, 3.05) is 9.80 Å². The highest BCUT2D eigenvalue weighted by Gasteiger charge is 2.16. The molecule has 0 aliphatic carbocycles. The second-order valence-electron chi connectivity index (χ2n) is 17.7. The molecule has 326 valence electrons. The summed E-state index contributed by atoms with van der Waals surface area (Å²) in [5.74, 6) is 0. The highest BCUT2D eigenvalue weighted by atomic mass is 15.1. The molecule has 12 aromatic rings. The Morgan fingerprint density at radius 1 is 0.203 bits per heavy atom. The molecule has 0 N–H and O–H groups in total. The van der Waals surface area contributed by atoms with Gasteiger partial charge in [0.2, 0.25) is 0 Å². The van der Waals surface area contributed by atoms with Gasteiger partial charge in [-0.2, -0.15) is 0 Å². The molecule has 0 saturated heterocycles. The Bertz CT molecular complexity index is 3660. The van der Waals surface area contributed by atoms with Gasteiger partial charge >= 0.3 is 0 Å². The Morgan fingerprint density at radius 2 is 0.536 bits per heavy atom. The van der Waals surface area contributed by atoms with Crippen LogP contribution in [0.25, 0.3) is 76.8 Å². The molecule has 2 nitrogen and oxygen atoms in total. The van der Waals surface area contributed by atoms with Crippen molar-refractivity contribution in [3.05, 3.63) is 285 Å². The SMILES string of the molecule is c1ccc(-c2ccc(-c3ccc(N(c4ccccc4)c4ccc(-c5ccc(CN(c6ccccc6)c6cccc(-c7ccc8c9ccccc9c9ccccc9c8c7)c6)cc5)cc4)cc3)cc2)cc1. The summed E-state index contributed by atoms with van der Waals surface area (Å²) in [5, 5.41) is 7.73. The van der Waals surface area contributed by atoms with Crippen LogP contribution in [-0.4, -0.2) is 0 Å². The molecule has 0 saturated carbocycles. The third-order valence-electron chi connectivity index (χ3n) is 13.5. The number of nitrogens with zero attached hydrogens (tertiary/aromatic N) is 2. The maximum absolute atomic E-state index is 2.42. The molecule has 0 fully saturated rings. The van der Waals surface area contributed by atoms with Crippen molar-refractivity contribution in [1.82, 2.24) is 0 Å². The molecule has 0 aliphatic heterocycles. The zero-order valence-corrected chi connectivity index (χ0v) is 38.2. The molecule has 0 amide bonds. The van der Waals surface area contributed by atoms with Gasteiger partial charge in [0.15, 0.2) is 0 Å². The Balaban J connectivity index is 0.802. The summed E-state index contributed by atoms with van der Waals surface area (Å²) in [6.45, 7) is 0.727. The van der Waals surface area contributed by atoms with E-state index in [9.17, 15) is 0 Å². The predicted molar refractivity (Wildman–Crippen MR) is 294 cm³/mol. The first-order valence-corrected chi connectivity index (χ1v) is 23.8. The van der Waals surface area contributed by atoms with Crippen LogP contribution in [0, 0.1) is 0 Å². The smallest absolute Gasteiger partial charge is 0.0481 e. The van der Waals surface area contributed by atoms with Gasteiger partial charge in [-0.15, -0.1) is 0 Å². The summed E-state index contributed by atoms with van der Waals surface area (Å²) < 4.78 is 0. The van der Waals surface area contributed by atoms with E-state index in [0.29, 0.717) is 0 Å². The average molecular weight is 881 g/mol. The Labute approximate surface area is 404 Å². The molecular weight excluding hydrogens is 833 g/mol. The fourth-order valence-corrected chi connectivity index (χ4v) is 9.98. The minimum absolute atomic E-state index is 0.727. The third-order valence-corrected chi connectivity index (χ3v) is 13.5. The summed E-state index contributed by atoms with van der Waals surface area (Å²) in [6, 6.07) is 101. The van der Waals surface area contributed by atoms with Crippen molar-refractivity contribution < 1.29 is 0 Å². The van der Waals surface area contributed by atoms with Gasteiger partial charge in [0.05, 0.1) is 0 Å². The molecule has 0 aromatic heterocycles. The van der Waals surface area contributed by atoms with Gasteiger partial charge in [0.25, 0.3) is 0 Å². The minimum atomic E-state index is 0.727. The number of rotatable bonds is 11. The summed E-state index contributed by atoms with van der Waals surface area (Å²) in [7, 11) is 0. The molecule has 0 atom stereocenters. The van der Waals surface area contributed by atoms with E-state index in [1.165, 1.54) is 82.4 Å². The highest BCUT2D eigenvalue weighted by Crippen LogP contribution is 2.40. The first-order valence-electron chi connectivity index (χ1n) is 23.8. The Kier molecular flexibility index (Phi) is 11.0. The van der Waals surface area contributed by atoms with Gasteiger partial charge in [-0.25, -0.2) is 0 Å². The Morgan fingerprint density at radius 3 is 1.06 bits per heavy atom. The molecule has 0 spiro atoms. The molecule has 0 bridgehead atoms. The summed E-state index contributed by atoms with van der Waals surface area (Å²) in [4.78, 5) is 4.75. The Hall–Kier alpha value is -8.98. The van der Waals surface area contributed by atoms with Gasteiger partial charge in [-0.05, 0) is 149 Å². The van der Waals surface area contributed by atoms with Gasteiger partial charge < -0.3 is 9.80 Å². The summed E-state index contributed by atoms with van der Waals surface area (Å²) in [6.07, 6.45) is 0. The molecule has 0 aliphatic rings. The van der Waals surface area contributed by atoms with E-state index in [4.69, 9.17) is 0 Å². The molecule has 69 heavy (non-hydrogen) atoms. The quantitative estimate of drug-likeness (QED) is 0.119. The maximum atomic E-state index is 2.42. The zero-order valence-electron chi connectivity index (χ0n) is 38.2. The molecular formula is C67H48N2. The van der Waals surface area contributed by atoms with Crippen LogP contribution in [0.15, 0.2) is 279 Å². The lowest BCUT2D eigenvalue weighted by Crippen LogP contribution is -2.16. The zero-order chi connectivity index (χ0) is 45.9. The lowest BCUT2D eigenvalue weighted by molar-refractivity contribution is 0.976.